The average molecular weight is 250 g/mol. The van der Waals surface area contributed by atoms with E-state index < -0.39 is 11.5 Å². The minimum atomic E-state index is -1.20. The Bertz CT molecular complexity index is 420. The number of aromatic nitrogens is 1. The van der Waals surface area contributed by atoms with Gasteiger partial charge in [-0.2, -0.15) is 0 Å². The lowest BCUT2D eigenvalue weighted by Gasteiger charge is -2.25. The molecule has 0 radical (unpaired) electrons. The standard InChI is InChI=1S/C13H18N2O3/c1-3-6-13(2,12(17)18)15-11(16)9-10-4-7-14-8-5-10/h4-5,7-8H,3,6,9H2,1-2H3,(H,15,16)(H,17,18). The summed E-state index contributed by atoms with van der Waals surface area (Å²) >= 11 is 0. The number of amides is 1. The van der Waals surface area contributed by atoms with Crippen LogP contribution < -0.4 is 5.32 Å². The minimum Gasteiger partial charge on any atom is -0.480 e. The first kappa shape index (κ1) is 14.2. The zero-order valence-corrected chi connectivity index (χ0v) is 10.6. The molecule has 0 spiro atoms. The molecule has 1 heterocycles. The van der Waals surface area contributed by atoms with E-state index in [9.17, 15) is 9.59 Å². The van der Waals surface area contributed by atoms with Gasteiger partial charge in [-0.15, -0.1) is 0 Å². The highest BCUT2D eigenvalue weighted by Gasteiger charge is 2.33. The fourth-order valence-corrected chi connectivity index (χ4v) is 1.76. The summed E-state index contributed by atoms with van der Waals surface area (Å²) in [4.78, 5) is 26.8. The molecule has 0 aliphatic carbocycles. The van der Waals surface area contributed by atoms with Crippen LogP contribution in [0.4, 0.5) is 0 Å². The maximum atomic E-state index is 11.8. The molecule has 1 unspecified atom stereocenters. The van der Waals surface area contributed by atoms with Gasteiger partial charge in [0.15, 0.2) is 0 Å². The highest BCUT2D eigenvalue weighted by Crippen LogP contribution is 2.13. The normalized spacial score (nSPS) is 13.7. The molecule has 5 heteroatoms. The number of hydrogen-bond acceptors (Lipinski definition) is 3. The van der Waals surface area contributed by atoms with Crippen LogP contribution in [-0.4, -0.2) is 27.5 Å². The van der Waals surface area contributed by atoms with Gasteiger partial charge < -0.3 is 10.4 Å². The first-order valence-electron chi connectivity index (χ1n) is 5.91. The Morgan fingerprint density at radius 1 is 1.39 bits per heavy atom. The first-order chi connectivity index (χ1) is 8.48. The summed E-state index contributed by atoms with van der Waals surface area (Å²) in [6.07, 6.45) is 4.47. The maximum Gasteiger partial charge on any atom is 0.329 e. The number of carbonyl (C=O) groups excluding carboxylic acids is 1. The van der Waals surface area contributed by atoms with Crippen LogP contribution in [0.1, 0.15) is 32.3 Å². The van der Waals surface area contributed by atoms with E-state index in [-0.39, 0.29) is 12.3 Å². The van der Waals surface area contributed by atoms with E-state index >= 15 is 0 Å². The molecule has 1 aromatic heterocycles. The number of carboxylic acids is 1. The molecule has 0 aliphatic rings. The summed E-state index contributed by atoms with van der Waals surface area (Å²) < 4.78 is 0. The summed E-state index contributed by atoms with van der Waals surface area (Å²) in [6, 6.07) is 3.47. The third-order valence-electron chi connectivity index (χ3n) is 2.75. The molecule has 0 saturated heterocycles. The van der Waals surface area contributed by atoms with Crippen molar-refractivity contribution in [1.29, 1.82) is 0 Å². The van der Waals surface area contributed by atoms with Crippen molar-refractivity contribution in [2.75, 3.05) is 0 Å². The number of nitrogens with one attached hydrogen (secondary N) is 1. The van der Waals surface area contributed by atoms with Crippen molar-refractivity contribution in [3.63, 3.8) is 0 Å². The zero-order valence-electron chi connectivity index (χ0n) is 10.6. The van der Waals surface area contributed by atoms with Gasteiger partial charge in [0.25, 0.3) is 0 Å². The molecule has 0 aromatic carbocycles. The molecule has 1 aromatic rings. The Labute approximate surface area is 106 Å². The highest BCUT2D eigenvalue weighted by molar-refractivity contribution is 5.87. The fourth-order valence-electron chi connectivity index (χ4n) is 1.76. The average Bonchev–Trinajstić information content (AvgIpc) is 2.30. The van der Waals surface area contributed by atoms with E-state index in [1.54, 1.807) is 24.5 Å². The summed E-state index contributed by atoms with van der Waals surface area (Å²) in [5, 5.41) is 11.7. The quantitative estimate of drug-likeness (QED) is 0.799. The molecular weight excluding hydrogens is 232 g/mol. The first-order valence-corrected chi connectivity index (χ1v) is 5.91. The van der Waals surface area contributed by atoms with E-state index in [1.807, 2.05) is 6.92 Å². The van der Waals surface area contributed by atoms with Crippen molar-refractivity contribution < 1.29 is 14.7 Å². The Morgan fingerprint density at radius 2 is 2.00 bits per heavy atom. The van der Waals surface area contributed by atoms with Crippen molar-refractivity contribution in [1.82, 2.24) is 10.3 Å². The Morgan fingerprint density at radius 3 is 2.50 bits per heavy atom. The maximum absolute atomic E-state index is 11.8. The van der Waals surface area contributed by atoms with Crippen LogP contribution in [0.25, 0.3) is 0 Å². The van der Waals surface area contributed by atoms with Crippen LogP contribution in [0.2, 0.25) is 0 Å². The Kier molecular flexibility index (Phi) is 4.83. The van der Waals surface area contributed by atoms with Gasteiger partial charge in [0.1, 0.15) is 5.54 Å². The predicted molar refractivity (Wildman–Crippen MR) is 67.0 cm³/mol. The highest BCUT2D eigenvalue weighted by atomic mass is 16.4. The number of hydrogen-bond donors (Lipinski definition) is 2. The molecule has 98 valence electrons. The number of rotatable bonds is 6. The second-order valence-corrected chi connectivity index (χ2v) is 4.47. The SMILES string of the molecule is CCCC(C)(NC(=O)Cc1ccncc1)C(=O)O. The lowest BCUT2D eigenvalue weighted by Crippen LogP contribution is -2.52. The lowest BCUT2D eigenvalue weighted by atomic mass is 9.96. The van der Waals surface area contributed by atoms with Crippen molar-refractivity contribution in [2.24, 2.45) is 0 Å². The van der Waals surface area contributed by atoms with Gasteiger partial charge in [-0.1, -0.05) is 13.3 Å². The number of aliphatic carboxylic acids is 1. The van der Waals surface area contributed by atoms with Crippen molar-refractivity contribution >= 4 is 11.9 Å². The van der Waals surface area contributed by atoms with E-state index in [0.29, 0.717) is 12.8 Å². The molecule has 18 heavy (non-hydrogen) atoms. The minimum absolute atomic E-state index is 0.162. The molecule has 2 N–H and O–H groups in total. The third kappa shape index (κ3) is 3.84. The molecule has 1 amide bonds. The van der Waals surface area contributed by atoms with Crippen molar-refractivity contribution in [3.8, 4) is 0 Å². The Balaban J connectivity index is 2.65. The molecule has 0 bridgehead atoms. The van der Waals surface area contributed by atoms with Crippen LogP contribution in [0.15, 0.2) is 24.5 Å². The van der Waals surface area contributed by atoms with Crippen LogP contribution >= 0.6 is 0 Å². The van der Waals surface area contributed by atoms with Crippen LogP contribution in [0.5, 0.6) is 0 Å². The van der Waals surface area contributed by atoms with Gasteiger partial charge in [-0.25, -0.2) is 4.79 Å². The van der Waals surface area contributed by atoms with E-state index in [4.69, 9.17) is 5.11 Å². The predicted octanol–water partition coefficient (Wildman–Crippen LogP) is 1.38. The van der Waals surface area contributed by atoms with Crippen molar-refractivity contribution in [3.05, 3.63) is 30.1 Å². The van der Waals surface area contributed by atoms with Gasteiger partial charge in [0.05, 0.1) is 6.42 Å². The molecule has 0 saturated carbocycles. The van der Waals surface area contributed by atoms with E-state index in [2.05, 4.69) is 10.3 Å². The Hall–Kier alpha value is -1.91. The zero-order chi connectivity index (χ0) is 13.6. The second kappa shape index (κ2) is 6.14. The number of carbonyl (C=O) groups is 2. The largest absolute Gasteiger partial charge is 0.480 e. The van der Waals surface area contributed by atoms with Gasteiger partial charge in [0, 0.05) is 12.4 Å². The summed E-state index contributed by atoms with van der Waals surface area (Å²) in [5.41, 5.74) is -0.384. The molecule has 1 atom stereocenters. The van der Waals surface area contributed by atoms with Crippen molar-refractivity contribution in [2.45, 2.75) is 38.6 Å². The fraction of sp³-hybridized carbons (Fsp3) is 0.462. The summed E-state index contributed by atoms with van der Waals surface area (Å²) in [6.45, 7) is 3.42. The van der Waals surface area contributed by atoms with Crippen LogP contribution in [0.3, 0.4) is 0 Å². The summed E-state index contributed by atoms with van der Waals surface area (Å²) in [5.74, 6) is -1.30. The third-order valence-corrected chi connectivity index (χ3v) is 2.75. The van der Waals surface area contributed by atoms with Crippen LogP contribution in [-0.2, 0) is 16.0 Å². The molecule has 0 fully saturated rings. The molecule has 0 aliphatic heterocycles. The van der Waals surface area contributed by atoms with Gasteiger partial charge >= 0.3 is 5.97 Å². The van der Waals surface area contributed by atoms with Gasteiger partial charge in [0.2, 0.25) is 5.91 Å². The van der Waals surface area contributed by atoms with Crippen LogP contribution in [0, 0.1) is 0 Å². The number of carboxylic acid groups (broad SMARTS) is 1. The molecular formula is C13H18N2O3. The smallest absolute Gasteiger partial charge is 0.329 e. The summed E-state index contributed by atoms with van der Waals surface area (Å²) in [7, 11) is 0. The van der Waals surface area contributed by atoms with E-state index in [1.165, 1.54) is 6.92 Å². The lowest BCUT2D eigenvalue weighted by molar-refractivity contribution is -0.147. The monoisotopic (exact) mass is 250 g/mol. The molecule has 5 nitrogen and oxygen atoms in total. The molecule has 1 rings (SSSR count). The van der Waals surface area contributed by atoms with Gasteiger partial charge in [-0.3, -0.25) is 9.78 Å². The number of pyridine rings is 1. The van der Waals surface area contributed by atoms with E-state index in [0.717, 1.165) is 5.56 Å². The second-order valence-electron chi connectivity index (χ2n) is 4.47. The topological polar surface area (TPSA) is 79.3 Å². The van der Waals surface area contributed by atoms with Gasteiger partial charge in [-0.05, 0) is 31.0 Å². The number of nitrogens with zero attached hydrogens (tertiary/aromatic N) is 1.